The van der Waals surface area contributed by atoms with Crippen LogP contribution in [-0.4, -0.2) is 58.6 Å². The molecule has 1 saturated carbocycles. The van der Waals surface area contributed by atoms with Crippen LogP contribution in [0.1, 0.15) is 68.8 Å². The Kier molecular flexibility index (Phi) is 5.77. The number of H-pyrrole nitrogens is 1. The number of aliphatic hydroxyl groups is 1. The van der Waals surface area contributed by atoms with E-state index in [9.17, 15) is 33.2 Å². The summed E-state index contributed by atoms with van der Waals surface area (Å²) in [4.78, 5) is 42.2. The third-order valence-electron chi connectivity index (χ3n) is 9.20. The van der Waals surface area contributed by atoms with E-state index in [1.54, 1.807) is 18.2 Å². The highest BCUT2D eigenvalue weighted by Crippen LogP contribution is 2.61. The van der Waals surface area contributed by atoms with Crippen LogP contribution in [0.5, 0.6) is 5.75 Å². The maximum absolute atomic E-state index is 14.2. The molecule has 4 aliphatic rings. The first-order chi connectivity index (χ1) is 20.3. The summed E-state index contributed by atoms with van der Waals surface area (Å²) in [7, 11) is -3.99. The molecule has 3 aromatic rings. The predicted molar refractivity (Wildman–Crippen MR) is 151 cm³/mol. The van der Waals surface area contributed by atoms with Crippen LogP contribution < -0.4 is 15.8 Å². The van der Waals surface area contributed by atoms with E-state index in [4.69, 9.17) is 10.5 Å². The number of aromatic nitrogens is 1. The highest BCUT2D eigenvalue weighted by atomic mass is 32.2. The summed E-state index contributed by atoms with van der Waals surface area (Å²) in [6.07, 6.45) is 1.46. The number of carbonyl (C=O) groups excluding carboxylic acids is 2. The summed E-state index contributed by atoms with van der Waals surface area (Å²) in [5, 5.41) is 26.7. The lowest BCUT2D eigenvalue weighted by atomic mass is 9.82. The first kappa shape index (κ1) is 27.7. The topological polar surface area (TPSA) is 198 Å². The van der Waals surface area contributed by atoms with Crippen molar-refractivity contribution in [2.24, 2.45) is 11.7 Å². The molecule has 1 saturated heterocycles. The smallest absolute Gasteiger partial charge is 0.280 e. The summed E-state index contributed by atoms with van der Waals surface area (Å²) in [5.41, 5.74) is 3.71. The van der Waals surface area contributed by atoms with Gasteiger partial charge in [0.1, 0.15) is 22.0 Å². The number of rotatable bonds is 6. The van der Waals surface area contributed by atoms with Gasteiger partial charge in [0.25, 0.3) is 27.4 Å². The Hall–Kier alpha value is -4.11. The normalized spacial score (nSPS) is 29.1. The first-order valence-electron chi connectivity index (χ1n) is 14.0. The number of nitrogens with one attached hydrogen (secondary N) is 2. The van der Waals surface area contributed by atoms with Gasteiger partial charge in [0.05, 0.1) is 4.92 Å². The lowest BCUT2D eigenvalue weighted by Crippen LogP contribution is -2.60. The molecule has 14 heteroatoms. The molecule has 1 aromatic heterocycles. The number of benzene rings is 2. The molecule has 1 amide bonds. The van der Waals surface area contributed by atoms with E-state index in [2.05, 4.69) is 17.2 Å². The zero-order valence-corrected chi connectivity index (χ0v) is 24.1. The van der Waals surface area contributed by atoms with Crippen molar-refractivity contribution < 1.29 is 32.8 Å². The number of hydrogen-bond donors (Lipinski definition) is 4. The molecule has 13 nitrogen and oxygen atoms in total. The third-order valence-corrected chi connectivity index (χ3v) is 11.0. The van der Waals surface area contributed by atoms with Gasteiger partial charge in [-0.15, -0.1) is 0 Å². The van der Waals surface area contributed by atoms with Gasteiger partial charge in [-0.3, -0.25) is 19.7 Å². The highest BCUT2D eigenvalue weighted by molar-refractivity contribution is 7.89. The Balaban J connectivity index is 1.34. The van der Waals surface area contributed by atoms with Crippen molar-refractivity contribution in [2.75, 3.05) is 13.1 Å². The molecule has 2 fully saturated rings. The number of Topliss-reactive ketones (excluding diaryl/α,β-unsaturated/α-hetero) is 1. The third kappa shape index (κ3) is 3.70. The number of nitro benzene ring substituents is 1. The quantitative estimate of drug-likeness (QED) is 0.239. The van der Waals surface area contributed by atoms with Gasteiger partial charge in [0.15, 0.2) is 0 Å². The number of nitrogens with zero attached hydrogens (tertiary/aromatic N) is 2. The van der Waals surface area contributed by atoms with Crippen LogP contribution in [0.3, 0.4) is 0 Å². The van der Waals surface area contributed by atoms with Gasteiger partial charge in [-0.25, -0.2) is 8.42 Å². The molecular formula is C29H29N5O8S. The van der Waals surface area contributed by atoms with Crippen molar-refractivity contribution in [3.8, 4) is 5.75 Å². The number of nitro groups is 1. The number of aromatic amines is 1. The Morgan fingerprint density at radius 2 is 2.02 bits per heavy atom. The number of carbonyl (C=O) groups is 2. The van der Waals surface area contributed by atoms with Crippen LogP contribution in [0.2, 0.25) is 0 Å². The number of amides is 1. The van der Waals surface area contributed by atoms with Crippen molar-refractivity contribution in [3.05, 3.63) is 86.1 Å². The van der Waals surface area contributed by atoms with E-state index in [-0.39, 0.29) is 63.8 Å². The Morgan fingerprint density at radius 3 is 2.67 bits per heavy atom. The highest BCUT2D eigenvalue weighted by Gasteiger charge is 2.73. The molecule has 0 bridgehead atoms. The second-order valence-electron chi connectivity index (χ2n) is 11.9. The average molecular weight is 608 g/mol. The van der Waals surface area contributed by atoms with Gasteiger partial charge in [0.2, 0.25) is 11.3 Å². The van der Waals surface area contributed by atoms with E-state index < -0.39 is 43.7 Å². The molecular weight excluding hydrogens is 578 g/mol. The molecule has 2 aromatic carbocycles. The standard InChI is InChI=1S/C29H29N5O8S/c1-14-10-19(14)16-6-7-20-22(12-16)42-29(37)24-18(4-3-5-21(24)34(38)39)26(35)28(20,29)32-27(36)25-15(2)11-23(31-25)43(40,41)33-9-8-17(30)13-33/h3-7,11-12,14,17,19,31,37H,8-10,13,30H2,1-2H3,(H,32,36)/t14-,17-,19-,28?,29?/m0/s1. The maximum atomic E-state index is 14.2. The number of ketones is 1. The monoisotopic (exact) mass is 607 g/mol. The lowest BCUT2D eigenvalue weighted by Gasteiger charge is -2.34. The Morgan fingerprint density at radius 1 is 1.28 bits per heavy atom. The van der Waals surface area contributed by atoms with Crippen LogP contribution in [0.4, 0.5) is 5.69 Å². The van der Waals surface area contributed by atoms with Crippen LogP contribution in [0, 0.1) is 23.0 Å². The molecule has 2 unspecified atom stereocenters. The second-order valence-corrected chi connectivity index (χ2v) is 13.8. The molecule has 5 N–H and O–H groups in total. The van der Waals surface area contributed by atoms with E-state index in [0.29, 0.717) is 12.3 Å². The molecule has 43 heavy (non-hydrogen) atoms. The number of hydrogen-bond acceptors (Lipinski definition) is 9. The number of ether oxygens (including phenoxy) is 1. The largest absolute Gasteiger partial charge is 0.454 e. The molecule has 5 atom stereocenters. The molecule has 224 valence electrons. The van der Waals surface area contributed by atoms with E-state index in [0.717, 1.165) is 18.1 Å². The minimum Gasteiger partial charge on any atom is -0.454 e. The van der Waals surface area contributed by atoms with Crippen molar-refractivity contribution in [3.63, 3.8) is 0 Å². The van der Waals surface area contributed by atoms with Crippen molar-refractivity contribution in [2.45, 2.75) is 55.0 Å². The fourth-order valence-corrected chi connectivity index (χ4v) is 8.35. The Labute approximate surface area is 246 Å². The summed E-state index contributed by atoms with van der Waals surface area (Å²) < 4.78 is 33.8. The molecule has 0 radical (unpaired) electrons. The van der Waals surface area contributed by atoms with Crippen LogP contribution in [-0.2, 0) is 21.3 Å². The molecule has 2 aliphatic heterocycles. The minimum atomic E-state index is -3.99. The zero-order valence-electron chi connectivity index (χ0n) is 23.3. The summed E-state index contributed by atoms with van der Waals surface area (Å²) in [6.45, 7) is 4.00. The predicted octanol–water partition coefficient (Wildman–Crippen LogP) is 2.14. The number of fused-ring (bicyclic) bond motifs is 5. The van der Waals surface area contributed by atoms with Gasteiger partial charge in [-0.1, -0.05) is 31.2 Å². The fraction of sp³-hybridized carbons (Fsp3) is 0.379. The van der Waals surface area contributed by atoms with Crippen molar-refractivity contribution in [1.82, 2.24) is 14.6 Å². The van der Waals surface area contributed by atoms with Crippen LogP contribution in [0.25, 0.3) is 0 Å². The van der Waals surface area contributed by atoms with Crippen LogP contribution in [0.15, 0.2) is 47.5 Å². The lowest BCUT2D eigenvalue weighted by molar-refractivity contribution is -0.388. The zero-order chi connectivity index (χ0) is 30.6. The van der Waals surface area contributed by atoms with Gasteiger partial charge in [0, 0.05) is 36.3 Å². The fourth-order valence-electron chi connectivity index (χ4n) is 6.78. The second kappa shape index (κ2) is 8.95. The van der Waals surface area contributed by atoms with Gasteiger partial charge < -0.3 is 25.9 Å². The van der Waals surface area contributed by atoms with Crippen LogP contribution >= 0.6 is 0 Å². The maximum Gasteiger partial charge on any atom is 0.280 e. The summed E-state index contributed by atoms with van der Waals surface area (Å²) in [5.74, 6) is -3.54. The number of aryl methyl sites for hydroxylation is 1. The first-order valence-corrected chi connectivity index (χ1v) is 15.4. The summed E-state index contributed by atoms with van der Waals surface area (Å²) >= 11 is 0. The Bertz CT molecular complexity index is 1870. The van der Waals surface area contributed by atoms with E-state index in [1.807, 2.05) is 0 Å². The minimum absolute atomic E-state index is 0.119. The average Bonchev–Trinajstić information content (AvgIpc) is 3.23. The van der Waals surface area contributed by atoms with Crippen molar-refractivity contribution in [1.29, 1.82) is 0 Å². The molecule has 3 heterocycles. The van der Waals surface area contributed by atoms with Crippen molar-refractivity contribution >= 4 is 27.4 Å². The molecule has 2 aliphatic carbocycles. The summed E-state index contributed by atoms with van der Waals surface area (Å²) in [6, 6.07) is 9.92. The van der Waals surface area contributed by atoms with Gasteiger partial charge >= 0.3 is 0 Å². The number of sulfonamides is 1. The van der Waals surface area contributed by atoms with E-state index >= 15 is 0 Å². The van der Waals surface area contributed by atoms with E-state index in [1.165, 1.54) is 29.4 Å². The molecule has 7 rings (SSSR count). The SMILES string of the molecule is Cc1cc(S(=O)(=O)N2CC[C@H](N)C2)[nH]c1C(=O)NC12C(=O)c3cccc([N+](=O)[O-])c3C1(O)Oc1cc([C@H]3C[C@@H]3C)ccc12. The van der Waals surface area contributed by atoms with Gasteiger partial charge in [-0.05, 0) is 54.9 Å². The molecule has 0 spiro atoms. The van der Waals surface area contributed by atoms with Gasteiger partial charge in [-0.2, -0.15) is 4.31 Å². The number of nitrogens with two attached hydrogens (primary N) is 1.